The van der Waals surface area contributed by atoms with Gasteiger partial charge in [0.15, 0.2) is 0 Å². The van der Waals surface area contributed by atoms with Crippen molar-refractivity contribution in [2.45, 2.75) is 90.9 Å². The lowest BCUT2D eigenvalue weighted by molar-refractivity contribution is 0.459. The minimum absolute atomic E-state index is 0.809. The van der Waals surface area contributed by atoms with E-state index in [2.05, 4.69) is 38.1 Å². The molecule has 0 N–H and O–H groups in total. The van der Waals surface area contributed by atoms with Gasteiger partial charge in [-0.05, 0) is 61.1 Å². The van der Waals surface area contributed by atoms with Crippen LogP contribution >= 0.6 is 0 Å². The second-order valence-corrected chi connectivity index (χ2v) is 7.95. The Hall–Kier alpha value is -1.90. The number of aryl methyl sites for hydroxylation is 2. The Kier molecular flexibility index (Phi) is 12.1. The summed E-state index contributed by atoms with van der Waals surface area (Å²) in [6.07, 6.45) is 15.5. The third-order valence-corrected chi connectivity index (χ3v) is 5.35. The van der Waals surface area contributed by atoms with E-state index in [0.29, 0.717) is 0 Å². The average Bonchev–Trinajstić information content (AvgIpc) is 2.75. The highest BCUT2D eigenvalue weighted by molar-refractivity contribution is 6.20. The number of rotatable bonds is 16. The van der Waals surface area contributed by atoms with Crippen molar-refractivity contribution in [3.8, 4) is 11.5 Å². The largest absolute Gasteiger partial charge is 0.658 e. The molecule has 0 atom stereocenters. The highest BCUT2D eigenvalue weighted by atomic mass is 16.6. The highest BCUT2D eigenvalue weighted by Gasteiger charge is 2.03. The van der Waals surface area contributed by atoms with Crippen LogP contribution in [0.5, 0.6) is 11.5 Å². The molecular weight excluding hydrogens is 355 g/mol. The second kappa shape index (κ2) is 15.0. The van der Waals surface area contributed by atoms with Gasteiger partial charge in [-0.15, -0.1) is 0 Å². The first-order chi connectivity index (χ1) is 14.3. The Bertz CT molecular complexity index is 579. The molecule has 157 valence electrons. The monoisotopic (exact) mass is 393 g/mol. The van der Waals surface area contributed by atoms with E-state index in [1.165, 1.54) is 83.0 Å². The van der Waals surface area contributed by atoms with Gasteiger partial charge < -0.3 is 9.31 Å². The van der Waals surface area contributed by atoms with Gasteiger partial charge in [0.1, 0.15) is 11.5 Å². The standard InChI is InChI=1S/C26H38BO2/c1-3-5-7-9-11-13-23-15-19-25(20-16-23)28-27-29-26-21-17-24(18-22-26)14-12-10-8-6-4-2/h15-22H,3-14H2,1-2H3. The van der Waals surface area contributed by atoms with Gasteiger partial charge in [-0.25, -0.2) is 0 Å². The molecule has 0 saturated carbocycles. The van der Waals surface area contributed by atoms with Crippen LogP contribution in [-0.2, 0) is 12.8 Å². The zero-order valence-electron chi connectivity index (χ0n) is 18.5. The van der Waals surface area contributed by atoms with Crippen molar-refractivity contribution in [3.63, 3.8) is 0 Å². The van der Waals surface area contributed by atoms with Gasteiger partial charge in [0, 0.05) is 0 Å². The van der Waals surface area contributed by atoms with Gasteiger partial charge >= 0.3 is 7.69 Å². The fraction of sp³-hybridized carbons (Fsp3) is 0.538. The molecule has 29 heavy (non-hydrogen) atoms. The van der Waals surface area contributed by atoms with E-state index in [4.69, 9.17) is 9.31 Å². The summed E-state index contributed by atoms with van der Waals surface area (Å²) in [7, 11) is 1.42. The van der Waals surface area contributed by atoms with Gasteiger partial charge in [0.25, 0.3) is 0 Å². The first-order valence-corrected chi connectivity index (χ1v) is 11.6. The Morgan fingerprint density at radius 3 is 1.28 bits per heavy atom. The number of hydrogen-bond donors (Lipinski definition) is 0. The maximum Gasteiger partial charge on any atom is 0.658 e. The molecule has 0 amide bonds. The summed E-state index contributed by atoms with van der Waals surface area (Å²) in [4.78, 5) is 0. The zero-order valence-corrected chi connectivity index (χ0v) is 18.5. The van der Waals surface area contributed by atoms with Gasteiger partial charge in [0.2, 0.25) is 0 Å². The lowest BCUT2D eigenvalue weighted by Gasteiger charge is -2.08. The summed E-state index contributed by atoms with van der Waals surface area (Å²) in [6.45, 7) is 4.51. The van der Waals surface area contributed by atoms with Crippen LogP contribution in [0.25, 0.3) is 0 Å². The van der Waals surface area contributed by atoms with Crippen molar-refractivity contribution in [2.24, 2.45) is 0 Å². The van der Waals surface area contributed by atoms with E-state index in [1.807, 2.05) is 24.3 Å². The fourth-order valence-electron chi connectivity index (χ4n) is 3.47. The van der Waals surface area contributed by atoms with E-state index in [1.54, 1.807) is 0 Å². The molecule has 0 bridgehead atoms. The Balaban J connectivity index is 1.61. The van der Waals surface area contributed by atoms with Crippen molar-refractivity contribution >= 4 is 7.69 Å². The molecule has 0 aromatic heterocycles. The molecule has 0 saturated heterocycles. The van der Waals surface area contributed by atoms with Crippen LogP contribution in [0.3, 0.4) is 0 Å². The molecule has 3 heteroatoms. The third-order valence-electron chi connectivity index (χ3n) is 5.35. The van der Waals surface area contributed by atoms with Crippen LogP contribution in [0.4, 0.5) is 0 Å². The first kappa shape index (κ1) is 23.4. The molecular formula is C26H38BO2. The molecule has 0 aliphatic heterocycles. The molecule has 0 spiro atoms. The highest BCUT2D eigenvalue weighted by Crippen LogP contribution is 2.17. The summed E-state index contributed by atoms with van der Waals surface area (Å²) in [6, 6.07) is 16.7. The van der Waals surface area contributed by atoms with Crippen molar-refractivity contribution in [3.05, 3.63) is 59.7 Å². The molecule has 2 rings (SSSR count). The Morgan fingerprint density at radius 2 is 0.897 bits per heavy atom. The minimum atomic E-state index is 0.809. The SMILES string of the molecule is CCCCCCCc1ccc(O[B]Oc2ccc(CCCCCCC)cc2)cc1. The number of benzene rings is 2. The molecule has 0 aliphatic carbocycles. The second-order valence-electron chi connectivity index (χ2n) is 7.95. The summed E-state index contributed by atoms with van der Waals surface area (Å²) in [5, 5.41) is 0. The van der Waals surface area contributed by atoms with Crippen LogP contribution in [0.2, 0.25) is 0 Å². The van der Waals surface area contributed by atoms with Gasteiger partial charge in [-0.1, -0.05) is 89.5 Å². The molecule has 0 aliphatic rings. The summed E-state index contributed by atoms with van der Waals surface area (Å²) < 4.78 is 11.2. The lowest BCUT2D eigenvalue weighted by atomic mass is 10.1. The zero-order chi connectivity index (χ0) is 20.6. The topological polar surface area (TPSA) is 18.5 Å². The molecule has 0 heterocycles. The molecule has 0 fully saturated rings. The molecule has 0 unspecified atom stereocenters. The van der Waals surface area contributed by atoms with E-state index < -0.39 is 0 Å². The predicted octanol–water partition coefficient (Wildman–Crippen LogP) is 7.70. The smallest absolute Gasteiger partial charge is 0.526 e. The van der Waals surface area contributed by atoms with Gasteiger partial charge in [-0.3, -0.25) is 0 Å². The Morgan fingerprint density at radius 1 is 0.517 bits per heavy atom. The van der Waals surface area contributed by atoms with Crippen LogP contribution in [-0.4, -0.2) is 7.69 Å². The van der Waals surface area contributed by atoms with Crippen LogP contribution in [0, 0.1) is 0 Å². The average molecular weight is 393 g/mol. The van der Waals surface area contributed by atoms with Gasteiger partial charge in [-0.2, -0.15) is 0 Å². The lowest BCUT2D eigenvalue weighted by Crippen LogP contribution is -2.10. The minimum Gasteiger partial charge on any atom is -0.526 e. The third kappa shape index (κ3) is 10.4. The Labute approximate surface area is 179 Å². The molecule has 2 aromatic rings. The molecule has 2 nitrogen and oxygen atoms in total. The van der Waals surface area contributed by atoms with Crippen LogP contribution < -0.4 is 9.31 Å². The van der Waals surface area contributed by atoms with Crippen LogP contribution in [0.15, 0.2) is 48.5 Å². The summed E-state index contributed by atoms with van der Waals surface area (Å²) in [5.41, 5.74) is 2.75. The molecule has 2 aromatic carbocycles. The van der Waals surface area contributed by atoms with E-state index in [9.17, 15) is 0 Å². The summed E-state index contributed by atoms with van der Waals surface area (Å²) >= 11 is 0. The number of unbranched alkanes of at least 4 members (excludes halogenated alkanes) is 8. The van der Waals surface area contributed by atoms with Crippen molar-refractivity contribution in [1.29, 1.82) is 0 Å². The maximum absolute atomic E-state index is 5.61. The maximum atomic E-state index is 5.61. The van der Waals surface area contributed by atoms with Crippen molar-refractivity contribution in [2.75, 3.05) is 0 Å². The van der Waals surface area contributed by atoms with E-state index >= 15 is 0 Å². The van der Waals surface area contributed by atoms with E-state index in [-0.39, 0.29) is 0 Å². The first-order valence-electron chi connectivity index (χ1n) is 11.6. The summed E-state index contributed by atoms with van der Waals surface area (Å²) in [5.74, 6) is 1.62. The normalized spacial score (nSPS) is 10.7. The van der Waals surface area contributed by atoms with Gasteiger partial charge in [0.05, 0.1) is 0 Å². The van der Waals surface area contributed by atoms with Crippen LogP contribution in [0.1, 0.15) is 89.2 Å². The van der Waals surface area contributed by atoms with Crippen molar-refractivity contribution in [1.82, 2.24) is 0 Å². The quantitative estimate of drug-likeness (QED) is 0.215. The predicted molar refractivity (Wildman–Crippen MR) is 125 cm³/mol. The van der Waals surface area contributed by atoms with E-state index in [0.717, 1.165) is 24.3 Å². The fourth-order valence-corrected chi connectivity index (χ4v) is 3.47. The van der Waals surface area contributed by atoms with Crippen molar-refractivity contribution < 1.29 is 9.31 Å². The number of hydrogen-bond acceptors (Lipinski definition) is 2. The molecule has 1 radical (unpaired) electrons.